The van der Waals surface area contributed by atoms with Gasteiger partial charge in [0.15, 0.2) is 0 Å². The number of hydrogen-bond acceptors (Lipinski definition) is 5. The highest BCUT2D eigenvalue weighted by atomic mass is 16.4. The first-order valence-electron chi connectivity index (χ1n) is 7.25. The summed E-state index contributed by atoms with van der Waals surface area (Å²) in [5.41, 5.74) is 4.93. The maximum absolute atomic E-state index is 11.4. The van der Waals surface area contributed by atoms with Crippen molar-refractivity contribution in [3.63, 3.8) is 0 Å². The highest BCUT2D eigenvalue weighted by molar-refractivity contribution is 5.75. The van der Waals surface area contributed by atoms with Crippen molar-refractivity contribution in [1.29, 1.82) is 0 Å². The third kappa shape index (κ3) is 3.31. The first-order valence-corrected chi connectivity index (χ1v) is 7.25. The number of allylic oxidation sites excluding steroid dienone is 1. The van der Waals surface area contributed by atoms with Crippen LogP contribution in [0.3, 0.4) is 0 Å². The maximum Gasteiger partial charge on any atom is 0.321 e. The van der Waals surface area contributed by atoms with Crippen molar-refractivity contribution >= 4 is 11.9 Å². The number of nitrogens with one attached hydrogen (secondary N) is 2. The maximum atomic E-state index is 11.4. The van der Waals surface area contributed by atoms with E-state index in [0.717, 1.165) is 11.3 Å². The minimum Gasteiger partial charge on any atom is -0.480 e. The zero-order valence-electron chi connectivity index (χ0n) is 13.3. The Morgan fingerprint density at radius 2 is 2.05 bits per heavy atom. The molecule has 2 unspecified atom stereocenters. The van der Waals surface area contributed by atoms with E-state index >= 15 is 0 Å². The van der Waals surface area contributed by atoms with Gasteiger partial charge in [-0.15, -0.1) is 0 Å². The Morgan fingerprint density at radius 3 is 2.55 bits per heavy atom. The second-order valence-electron chi connectivity index (χ2n) is 6.76. The molecule has 2 aliphatic heterocycles. The van der Waals surface area contributed by atoms with Gasteiger partial charge < -0.3 is 10.2 Å². The van der Waals surface area contributed by atoms with Gasteiger partial charge in [-0.1, -0.05) is 20.8 Å². The fourth-order valence-electron chi connectivity index (χ4n) is 2.80. The highest BCUT2D eigenvalue weighted by Crippen LogP contribution is 2.35. The SMILES string of the molecule is CC(=O)NN1CC2=C(C=C1C(C)(C)C)C(O)NC(C(=O)O)C2. The summed E-state index contributed by atoms with van der Waals surface area (Å²) in [6, 6.07) is -0.822. The van der Waals surface area contributed by atoms with E-state index in [1.807, 2.05) is 26.8 Å². The van der Waals surface area contributed by atoms with Gasteiger partial charge in [-0.2, -0.15) is 0 Å². The molecule has 7 nitrogen and oxygen atoms in total. The van der Waals surface area contributed by atoms with Crippen LogP contribution in [0.2, 0.25) is 0 Å². The Kier molecular flexibility index (Phi) is 4.30. The lowest BCUT2D eigenvalue weighted by atomic mass is 9.84. The lowest BCUT2D eigenvalue weighted by Crippen LogP contribution is -2.53. The van der Waals surface area contributed by atoms with Crippen LogP contribution < -0.4 is 10.7 Å². The third-order valence-corrected chi connectivity index (χ3v) is 3.80. The second kappa shape index (κ2) is 5.73. The molecule has 0 aromatic carbocycles. The number of hydrogen-bond donors (Lipinski definition) is 4. The number of carbonyl (C=O) groups is 2. The average molecular weight is 309 g/mol. The van der Waals surface area contributed by atoms with Crippen LogP contribution in [-0.2, 0) is 9.59 Å². The van der Waals surface area contributed by atoms with Gasteiger partial charge in [0, 0.05) is 18.0 Å². The lowest BCUT2D eigenvalue weighted by Gasteiger charge is -2.42. The molecular weight excluding hydrogens is 286 g/mol. The van der Waals surface area contributed by atoms with E-state index in [1.165, 1.54) is 6.92 Å². The molecule has 2 rings (SSSR count). The molecule has 0 fully saturated rings. The number of amides is 1. The van der Waals surface area contributed by atoms with Crippen molar-refractivity contribution in [2.45, 2.75) is 46.4 Å². The van der Waals surface area contributed by atoms with Gasteiger partial charge in [0.2, 0.25) is 5.91 Å². The molecule has 2 aliphatic rings. The zero-order valence-corrected chi connectivity index (χ0v) is 13.3. The predicted octanol–water partition coefficient (Wildman–Crippen LogP) is 0.345. The van der Waals surface area contributed by atoms with Crippen LogP contribution in [0, 0.1) is 5.41 Å². The summed E-state index contributed by atoms with van der Waals surface area (Å²) in [5, 5.41) is 23.8. The first kappa shape index (κ1) is 16.5. The molecule has 1 amide bonds. The summed E-state index contributed by atoms with van der Waals surface area (Å²) in [7, 11) is 0. The van der Waals surface area contributed by atoms with E-state index in [-0.39, 0.29) is 11.3 Å². The van der Waals surface area contributed by atoms with E-state index in [1.54, 1.807) is 5.01 Å². The molecule has 122 valence electrons. The van der Waals surface area contributed by atoms with Gasteiger partial charge in [-0.25, -0.2) is 0 Å². The number of carboxylic acids is 1. The van der Waals surface area contributed by atoms with Gasteiger partial charge >= 0.3 is 5.97 Å². The highest BCUT2D eigenvalue weighted by Gasteiger charge is 2.36. The lowest BCUT2D eigenvalue weighted by molar-refractivity contribution is -0.140. The van der Waals surface area contributed by atoms with E-state index in [4.69, 9.17) is 5.11 Å². The first-order chi connectivity index (χ1) is 10.1. The monoisotopic (exact) mass is 309 g/mol. The number of carboxylic acid groups (broad SMARTS) is 1. The van der Waals surface area contributed by atoms with E-state index in [0.29, 0.717) is 18.5 Å². The van der Waals surface area contributed by atoms with Crippen molar-refractivity contribution in [2.75, 3.05) is 6.54 Å². The summed E-state index contributed by atoms with van der Waals surface area (Å²) < 4.78 is 0. The van der Waals surface area contributed by atoms with Crippen LogP contribution in [0.4, 0.5) is 0 Å². The number of carbonyl (C=O) groups excluding carboxylic acids is 1. The molecule has 2 atom stereocenters. The summed E-state index contributed by atoms with van der Waals surface area (Å²) in [6.07, 6.45) is 1.12. The van der Waals surface area contributed by atoms with Gasteiger partial charge in [0.25, 0.3) is 0 Å². The minimum absolute atomic E-state index is 0.191. The minimum atomic E-state index is -1.01. The second-order valence-corrected chi connectivity index (χ2v) is 6.76. The van der Waals surface area contributed by atoms with E-state index in [9.17, 15) is 14.7 Å². The summed E-state index contributed by atoms with van der Waals surface area (Å²) in [5.74, 6) is -1.19. The van der Waals surface area contributed by atoms with Gasteiger partial charge in [0.05, 0.1) is 6.54 Å². The molecule has 4 N–H and O–H groups in total. The van der Waals surface area contributed by atoms with Gasteiger partial charge in [0.1, 0.15) is 12.3 Å². The Bertz CT molecular complexity index is 560. The Labute approximate surface area is 129 Å². The van der Waals surface area contributed by atoms with Crippen LogP contribution in [0.15, 0.2) is 22.9 Å². The Balaban J connectivity index is 2.39. The van der Waals surface area contributed by atoms with Crippen molar-refractivity contribution in [1.82, 2.24) is 15.8 Å². The van der Waals surface area contributed by atoms with E-state index < -0.39 is 18.2 Å². The van der Waals surface area contributed by atoms with Gasteiger partial charge in [-0.3, -0.25) is 25.3 Å². The summed E-state index contributed by atoms with van der Waals surface area (Å²) in [4.78, 5) is 22.6. The molecular formula is C15H23N3O4. The molecule has 22 heavy (non-hydrogen) atoms. The summed E-state index contributed by atoms with van der Waals surface area (Å²) in [6.45, 7) is 7.85. The number of nitrogens with zero attached hydrogens (tertiary/aromatic N) is 1. The molecule has 0 aromatic rings. The molecule has 7 heteroatoms. The van der Waals surface area contributed by atoms with Crippen LogP contribution in [-0.4, -0.2) is 45.9 Å². The molecule has 0 aromatic heterocycles. The average Bonchev–Trinajstić information content (AvgIpc) is 2.35. The largest absolute Gasteiger partial charge is 0.480 e. The number of hydrazine groups is 1. The molecule has 2 heterocycles. The Hall–Kier alpha value is -1.86. The van der Waals surface area contributed by atoms with Crippen LogP contribution >= 0.6 is 0 Å². The van der Waals surface area contributed by atoms with Crippen molar-refractivity contribution < 1.29 is 19.8 Å². The molecule has 0 bridgehead atoms. The normalized spacial score (nSPS) is 25.5. The number of aliphatic hydroxyl groups excluding tert-OH is 1. The van der Waals surface area contributed by atoms with Crippen molar-refractivity contribution in [2.24, 2.45) is 5.41 Å². The van der Waals surface area contributed by atoms with Crippen LogP contribution in [0.1, 0.15) is 34.1 Å². The molecule has 0 saturated heterocycles. The van der Waals surface area contributed by atoms with Gasteiger partial charge in [-0.05, 0) is 23.6 Å². The zero-order chi connectivity index (χ0) is 16.7. The molecule has 0 saturated carbocycles. The van der Waals surface area contributed by atoms with E-state index in [2.05, 4.69) is 10.7 Å². The van der Waals surface area contributed by atoms with Crippen LogP contribution in [0.25, 0.3) is 0 Å². The summed E-state index contributed by atoms with van der Waals surface area (Å²) >= 11 is 0. The number of aliphatic hydroxyl groups is 1. The van der Waals surface area contributed by atoms with Crippen LogP contribution in [0.5, 0.6) is 0 Å². The fraction of sp³-hybridized carbons (Fsp3) is 0.600. The van der Waals surface area contributed by atoms with Crippen molar-refractivity contribution in [3.05, 3.63) is 22.9 Å². The topological polar surface area (TPSA) is 102 Å². The molecule has 0 spiro atoms. The standard InChI is InChI=1S/C15H23N3O4/c1-8(19)17-18-7-9-5-11(14(21)22)16-13(20)10(9)6-12(18)15(2,3)4/h6,11,13,16,20H,5,7H2,1-4H3,(H,17,19)(H,21,22). The quantitative estimate of drug-likeness (QED) is 0.587. The smallest absolute Gasteiger partial charge is 0.321 e. The molecule has 0 radical (unpaired) electrons. The predicted molar refractivity (Wildman–Crippen MR) is 80.3 cm³/mol. The number of aliphatic carboxylic acids is 1. The van der Waals surface area contributed by atoms with Crippen molar-refractivity contribution in [3.8, 4) is 0 Å². The number of rotatable bonds is 2. The fourth-order valence-corrected chi connectivity index (χ4v) is 2.80. The molecule has 0 aliphatic carbocycles. The third-order valence-electron chi connectivity index (χ3n) is 3.80. The Morgan fingerprint density at radius 1 is 1.41 bits per heavy atom.